The largest absolute Gasteiger partial charge is 0.490 e. The molecule has 0 amide bonds. The van der Waals surface area contributed by atoms with Crippen molar-refractivity contribution in [2.45, 2.75) is 6.54 Å². The van der Waals surface area contributed by atoms with E-state index < -0.39 is 10.0 Å². The Balaban J connectivity index is 1.80. The van der Waals surface area contributed by atoms with Gasteiger partial charge in [0.2, 0.25) is 10.0 Å². The van der Waals surface area contributed by atoms with Crippen LogP contribution in [0.2, 0.25) is 0 Å². The van der Waals surface area contributed by atoms with Gasteiger partial charge in [-0.3, -0.25) is 0 Å². The predicted octanol–water partition coefficient (Wildman–Crippen LogP) is 2.59. The molecule has 8 heteroatoms. The van der Waals surface area contributed by atoms with Crippen molar-refractivity contribution >= 4 is 43.0 Å². The predicted molar refractivity (Wildman–Crippen MR) is 89.0 cm³/mol. The van der Waals surface area contributed by atoms with Crippen molar-refractivity contribution in [1.82, 2.24) is 4.72 Å². The van der Waals surface area contributed by atoms with Crippen molar-refractivity contribution in [2.75, 3.05) is 18.1 Å². The first-order valence-electron chi connectivity index (χ1n) is 6.15. The van der Waals surface area contributed by atoms with Crippen molar-refractivity contribution in [1.29, 1.82) is 0 Å². The fraction of sp³-hybridized carbons (Fsp3) is 0.231. The van der Waals surface area contributed by atoms with E-state index in [9.17, 15) is 8.42 Å². The van der Waals surface area contributed by atoms with Gasteiger partial charge >= 0.3 is 0 Å². The monoisotopic (exact) mass is 390 g/mol. The van der Waals surface area contributed by atoms with Gasteiger partial charge in [0, 0.05) is 11.4 Å². The van der Waals surface area contributed by atoms with Crippen LogP contribution in [0.5, 0.6) is 5.75 Å². The van der Waals surface area contributed by atoms with Crippen molar-refractivity contribution in [3.8, 4) is 5.75 Å². The van der Waals surface area contributed by atoms with E-state index in [1.165, 1.54) is 11.3 Å². The topological polar surface area (TPSA) is 81.4 Å². The number of ether oxygens (including phenoxy) is 1. The van der Waals surface area contributed by atoms with Crippen LogP contribution in [0.25, 0.3) is 0 Å². The average Bonchev–Trinajstić information content (AvgIpc) is 2.85. The number of para-hydroxylation sites is 2. The van der Waals surface area contributed by atoms with E-state index in [0.29, 0.717) is 11.4 Å². The summed E-state index contributed by atoms with van der Waals surface area (Å²) in [5, 5.41) is 0. The second-order valence-corrected chi connectivity index (χ2v) is 8.71. The third-order valence-corrected chi connectivity index (χ3v) is 5.54. The highest BCUT2D eigenvalue weighted by Gasteiger charge is 2.11. The second kappa shape index (κ2) is 7.26. The van der Waals surface area contributed by atoms with Gasteiger partial charge in [0.15, 0.2) is 0 Å². The minimum Gasteiger partial charge on any atom is -0.490 e. The fourth-order valence-corrected chi connectivity index (χ4v) is 3.91. The van der Waals surface area contributed by atoms with Gasteiger partial charge in [0.05, 0.1) is 15.2 Å². The van der Waals surface area contributed by atoms with Crippen LogP contribution in [0, 0.1) is 0 Å². The minimum absolute atomic E-state index is 0.0533. The molecule has 5 nitrogen and oxygen atoms in total. The van der Waals surface area contributed by atoms with Gasteiger partial charge in [-0.2, -0.15) is 0 Å². The SMILES string of the molecule is Nc1ccccc1OCCS(=O)(=O)NCc1ccc(Br)s1. The van der Waals surface area contributed by atoms with Crippen LogP contribution in [0.1, 0.15) is 4.88 Å². The average molecular weight is 391 g/mol. The molecule has 114 valence electrons. The Morgan fingerprint density at radius 3 is 2.67 bits per heavy atom. The van der Waals surface area contributed by atoms with Crippen LogP contribution in [0.15, 0.2) is 40.2 Å². The molecule has 0 aliphatic carbocycles. The maximum Gasteiger partial charge on any atom is 0.215 e. The van der Waals surface area contributed by atoms with Crippen molar-refractivity contribution in [2.24, 2.45) is 0 Å². The highest BCUT2D eigenvalue weighted by Crippen LogP contribution is 2.22. The van der Waals surface area contributed by atoms with E-state index in [2.05, 4.69) is 20.7 Å². The lowest BCUT2D eigenvalue weighted by Crippen LogP contribution is -2.28. The molecule has 0 bridgehead atoms. The Kier molecular flexibility index (Phi) is 5.63. The summed E-state index contributed by atoms with van der Waals surface area (Å²) in [7, 11) is -3.38. The van der Waals surface area contributed by atoms with Crippen molar-refractivity contribution in [3.05, 3.63) is 45.1 Å². The molecule has 1 heterocycles. The molecular formula is C13H15BrN2O3S2. The summed E-state index contributed by atoms with van der Waals surface area (Å²) in [5.41, 5.74) is 6.21. The van der Waals surface area contributed by atoms with Gasteiger partial charge < -0.3 is 10.5 Å². The zero-order valence-electron chi connectivity index (χ0n) is 11.1. The standard InChI is InChI=1S/C13H15BrN2O3S2/c14-13-6-5-10(20-13)9-16-21(17,18)8-7-19-12-4-2-1-3-11(12)15/h1-6,16H,7-9,15H2. The van der Waals surface area contributed by atoms with E-state index in [1.54, 1.807) is 24.3 Å². The molecule has 0 aliphatic heterocycles. The molecule has 0 saturated heterocycles. The quantitative estimate of drug-likeness (QED) is 0.711. The number of hydrogen-bond acceptors (Lipinski definition) is 5. The lowest BCUT2D eigenvalue weighted by Gasteiger charge is -2.09. The molecule has 0 fully saturated rings. The first kappa shape index (κ1) is 16.3. The lowest BCUT2D eigenvalue weighted by molar-refractivity contribution is 0.342. The maximum atomic E-state index is 11.9. The normalized spacial score (nSPS) is 11.5. The molecule has 0 atom stereocenters. The summed E-state index contributed by atoms with van der Waals surface area (Å²) < 4.78 is 32.6. The Hall–Kier alpha value is -1.09. The number of nitrogens with two attached hydrogens (primary N) is 1. The van der Waals surface area contributed by atoms with Gasteiger partial charge in [-0.25, -0.2) is 13.1 Å². The minimum atomic E-state index is -3.38. The number of thiophene rings is 1. The second-order valence-electron chi connectivity index (χ2n) is 4.23. The number of anilines is 1. The van der Waals surface area contributed by atoms with Crippen LogP contribution in [0.3, 0.4) is 0 Å². The van der Waals surface area contributed by atoms with Gasteiger partial charge in [0.1, 0.15) is 12.4 Å². The summed E-state index contributed by atoms with van der Waals surface area (Å²) in [5.74, 6) is 0.378. The highest BCUT2D eigenvalue weighted by molar-refractivity contribution is 9.11. The van der Waals surface area contributed by atoms with E-state index in [0.717, 1.165) is 8.66 Å². The number of nitrogen functional groups attached to an aromatic ring is 1. The maximum absolute atomic E-state index is 11.9. The summed E-state index contributed by atoms with van der Waals surface area (Å²) in [6, 6.07) is 10.7. The number of hydrogen-bond donors (Lipinski definition) is 2. The van der Waals surface area contributed by atoms with Crippen LogP contribution < -0.4 is 15.2 Å². The van der Waals surface area contributed by atoms with Crippen molar-refractivity contribution in [3.63, 3.8) is 0 Å². The molecule has 0 saturated carbocycles. The molecule has 21 heavy (non-hydrogen) atoms. The number of rotatable bonds is 7. The molecule has 0 unspecified atom stereocenters. The smallest absolute Gasteiger partial charge is 0.215 e. The summed E-state index contributed by atoms with van der Waals surface area (Å²) in [4.78, 5) is 0.943. The summed E-state index contributed by atoms with van der Waals surface area (Å²) >= 11 is 4.83. The van der Waals surface area contributed by atoms with Crippen LogP contribution in [-0.2, 0) is 16.6 Å². The van der Waals surface area contributed by atoms with Gasteiger partial charge in [-0.1, -0.05) is 12.1 Å². The Morgan fingerprint density at radius 1 is 1.24 bits per heavy atom. The van der Waals surface area contributed by atoms with Gasteiger partial charge in [-0.05, 0) is 40.2 Å². The van der Waals surface area contributed by atoms with E-state index >= 15 is 0 Å². The Bertz CT molecular complexity index is 701. The number of benzene rings is 1. The van der Waals surface area contributed by atoms with E-state index in [4.69, 9.17) is 10.5 Å². The molecule has 3 N–H and O–H groups in total. The molecule has 0 spiro atoms. The summed E-state index contributed by atoms with van der Waals surface area (Å²) in [6.07, 6.45) is 0. The third kappa shape index (κ3) is 5.31. The molecule has 0 radical (unpaired) electrons. The zero-order chi connectivity index (χ0) is 15.3. The number of sulfonamides is 1. The van der Waals surface area contributed by atoms with Gasteiger partial charge in [0.25, 0.3) is 0 Å². The molecule has 2 rings (SSSR count). The van der Waals surface area contributed by atoms with Crippen LogP contribution in [0.4, 0.5) is 5.69 Å². The highest BCUT2D eigenvalue weighted by atomic mass is 79.9. The summed E-state index contributed by atoms with van der Waals surface area (Å²) in [6.45, 7) is 0.337. The van der Waals surface area contributed by atoms with Crippen LogP contribution in [-0.4, -0.2) is 20.8 Å². The number of halogens is 1. The molecule has 2 aromatic rings. The lowest BCUT2D eigenvalue weighted by atomic mass is 10.3. The zero-order valence-corrected chi connectivity index (χ0v) is 14.3. The van der Waals surface area contributed by atoms with Crippen LogP contribution >= 0.6 is 27.3 Å². The molecule has 0 aliphatic rings. The Labute approximate surface area is 136 Å². The molecule has 1 aromatic heterocycles. The van der Waals surface area contributed by atoms with E-state index in [-0.39, 0.29) is 18.9 Å². The third-order valence-electron chi connectivity index (χ3n) is 2.62. The Morgan fingerprint density at radius 2 is 2.00 bits per heavy atom. The molecule has 1 aromatic carbocycles. The van der Waals surface area contributed by atoms with Crippen molar-refractivity contribution < 1.29 is 13.2 Å². The first-order chi connectivity index (χ1) is 9.96. The van der Waals surface area contributed by atoms with Gasteiger partial charge in [-0.15, -0.1) is 11.3 Å². The van der Waals surface area contributed by atoms with E-state index in [1.807, 2.05) is 12.1 Å². The first-order valence-corrected chi connectivity index (χ1v) is 9.41. The molecular weight excluding hydrogens is 376 g/mol. The number of nitrogens with one attached hydrogen (secondary N) is 1. The fourth-order valence-electron chi connectivity index (χ4n) is 1.57.